The van der Waals surface area contributed by atoms with Gasteiger partial charge in [-0.2, -0.15) is 13.2 Å². The maximum Gasteiger partial charge on any atom is 0.416 e. The zero-order valence-electron chi connectivity index (χ0n) is 19.5. The number of carbonyl (C=O) groups excluding carboxylic acids is 1. The maximum absolute atomic E-state index is 12.9. The first-order valence-electron chi connectivity index (χ1n) is 11.5. The van der Waals surface area contributed by atoms with Crippen molar-refractivity contribution in [3.05, 3.63) is 101 Å². The Kier molecular flexibility index (Phi) is 7.54. The van der Waals surface area contributed by atoms with Crippen LogP contribution in [0, 0.1) is 5.92 Å². The molecular formula is C28H23F3N3O3-. The van der Waals surface area contributed by atoms with Gasteiger partial charge in [0.2, 0.25) is 0 Å². The van der Waals surface area contributed by atoms with Crippen molar-refractivity contribution in [2.45, 2.75) is 19.0 Å². The van der Waals surface area contributed by atoms with E-state index in [0.29, 0.717) is 39.8 Å². The Morgan fingerprint density at radius 2 is 1.70 bits per heavy atom. The van der Waals surface area contributed by atoms with Crippen LogP contribution in [0.2, 0.25) is 0 Å². The average Bonchev–Trinajstić information content (AvgIpc) is 3.73. The predicted octanol–water partition coefficient (Wildman–Crippen LogP) is 7.32. The lowest BCUT2D eigenvalue weighted by Crippen LogP contribution is -2.13. The second kappa shape index (κ2) is 10.8. The molecule has 3 N–H and O–H groups in total. The molecule has 1 amide bonds. The number of amides is 1. The Hall–Kier alpha value is -4.24. The Balaban J connectivity index is 0.000000572. The number of nitrogens with one attached hydrogen (secondary N) is 2. The number of rotatable bonds is 5. The number of benzene rings is 3. The number of aromatic nitrogens is 1. The first kappa shape index (κ1) is 25.8. The van der Waals surface area contributed by atoms with E-state index < -0.39 is 23.6 Å². The van der Waals surface area contributed by atoms with Crippen LogP contribution in [-0.2, 0) is 6.18 Å². The number of carbonyl (C=O) groups is 2. The van der Waals surface area contributed by atoms with E-state index in [1.54, 1.807) is 42.5 Å². The van der Waals surface area contributed by atoms with Crippen LogP contribution in [0.25, 0.3) is 27.8 Å². The summed E-state index contributed by atoms with van der Waals surface area (Å²) in [6.07, 6.45) is -0.562. The number of fused-ring (bicyclic) bond motifs is 1. The molecule has 1 aliphatic rings. The van der Waals surface area contributed by atoms with E-state index in [0.717, 1.165) is 18.1 Å². The van der Waals surface area contributed by atoms with Gasteiger partial charge in [-0.15, -0.1) is 6.54 Å². The van der Waals surface area contributed by atoms with Gasteiger partial charge in [0.25, 0.3) is 5.91 Å². The highest BCUT2D eigenvalue weighted by molar-refractivity contribution is 6.09. The molecule has 3 aromatic carbocycles. The van der Waals surface area contributed by atoms with Crippen molar-refractivity contribution >= 4 is 28.5 Å². The topological polar surface area (TPSA) is 103 Å². The molecule has 9 heteroatoms. The summed E-state index contributed by atoms with van der Waals surface area (Å²) < 4.78 is 38.5. The summed E-state index contributed by atoms with van der Waals surface area (Å²) in [6, 6.07) is 17.6. The fraction of sp³-hybridized carbons (Fsp3) is 0.179. The third-order valence-corrected chi connectivity index (χ3v) is 5.87. The standard InChI is InChI=1S/C24H15F3N2O3.C4H8N/c25-24(26,27)17-8-5-14(6-9-17)19-3-1-2-4-20(19)22(30)29-18-10-7-15-11-16(23(31)32)13-28-21(15)12-18;5-3-4-1-2-4/h1-13H,(H,29,30)(H,31,32);4-5H,1-3H2/q;-1. The normalized spacial score (nSPS) is 13.0. The largest absolute Gasteiger partial charge is 0.677 e. The molecule has 0 spiro atoms. The van der Waals surface area contributed by atoms with E-state index in [1.165, 1.54) is 37.2 Å². The van der Waals surface area contributed by atoms with Crippen LogP contribution in [0.5, 0.6) is 0 Å². The minimum absolute atomic E-state index is 0.0553. The van der Waals surface area contributed by atoms with Crippen molar-refractivity contribution in [3.63, 3.8) is 0 Å². The van der Waals surface area contributed by atoms with Crippen molar-refractivity contribution in [2.75, 3.05) is 11.9 Å². The number of carboxylic acids is 1. The van der Waals surface area contributed by atoms with Gasteiger partial charge in [0.1, 0.15) is 0 Å². The first-order valence-corrected chi connectivity index (χ1v) is 11.5. The summed E-state index contributed by atoms with van der Waals surface area (Å²) in [4.78, 5) is 28.1. The van der Waals surface area contributed by atoms with Crippen LogP contribution in [0.15, 0.2) is 79.0 Å². The Bertz CT molecular complexity index is 1430. The second-order valence-electron chi connectivity index (χ2n) is 8.66. The maximum atomic E-state index is 12.9. The fourth-order valence-corrected chi connectivity index (χ4v) is 3.61. The summed E-state index contributed by atoms with van der Waals surface area (Å²) in [7, 11) is 0. The molecule has 1 aliphatic carbocycles. The van der Waals surface area contributed by atoms with Crippen molar-refractivity contribution in [2.24, 2.45) is 5.92 Å². The van der Waals surface area contributed by atoms with E-state index >= 15 is 0 Å². The van der Waals surface area contributed by atoms with Gasteiger partial charge >= 0.3 is 12.1 Å². The summed E-state index contributed by atoms with van der Waals surface area (Å²) >= 11 is 0. The van der Waals surface area contributed by atoms with Gasteiger partial charge in [-0.3, -0.25) is 9.78 Å². The Morgan fingerprint density at radius 1 is 1.00 bits per heavy atom. The van der Waals surface area contributed by atoms with Gasteiger partial charge in [-0.25, -0.2) is 4.79 Å². The molecule has 4 aromatic rings. The molecular weight excluding hydrogens is 483 g/mol. The monoisotopic (exact) mass is 506 g/mol. The minimum Gasteiger partial charge on any atom is -0.677 e. The van der Waals surface area contributed by atoms with Crippen LogP contribution in [-0.4, -0.2) is 28.5 Å². The highest BCUT2D eigenvalue weighted by atomic mass is 19.4. The second-order valence-corrected chi connectivity index (χ2v) is 8.66. The average molecular weight is 507 g/mol. The van der Waals surface area contributed by atoms with Gasteiger partial charge in [0.05, 0.1) is 16.6 Å². The van der Waals surface area contributed by atoms with Crippen LogP contribution in [0.3, 0.4) is 0 Å². The molecule has 0 aliphatic heterocycles. The van der Waals surface area contributed by atoms with E-state index in [9.17, 15) is 22.8 Å². The van der Waals surface area contributed by atoms with Gasteiger partial charge in [0, 0.05) is 22.8 Å². The zero-order valence-corrected chi connectivity index (χ0v) is 19.5. The molecule has 0 bridgehead atoms. The molecule has 190 valence electrons. The van der Waals surface area contributed by atoms with E-state index in [2.05, 4.69) is 10.3 Å². The van der Waals surface area contributed by atoms with E-state index in [1.807, 2.05) is 0 Å². The molecule has 5 rings (SSSR count). The molecule has 37 heavy (non-hydrogen) atoms. The summed E-state index contributed by atoms with van der Waals surface area (Å²) in [6.45, 7) is 0.667. The lowest BCUT2D eigenvalue weighted by molar-refractivity contribution is -0.137. The summed E-state index contributed by atoms with van der Waals surface area (Å²) in [5.74, 6) is -0.728. The third kappa shape index (κ3) is 6.50. The molecule has 0 atom stereocenters. The number of anilines is 1. The number of alkyl halides is 3. The lowest BCUT2D eigenvalue weighted by atomic mass is 9.98. The molecule has 0 radical (unpaired) electrons. The number of pyridine rings is 1. The van der Waals surface area contributed by atoms with Gasteiger partial charge in [0.15, 0.2) is 0 Å². The molecule has 1 heterocycles. The van der Waals surface area contributed by atoms with Crippen LogP contribution < -0.4 is 5.32 Å². The SMILES string of the molecule is O=C(O)c1cnc2cc(NC(=O)c3ccccc3-c3ccc(C(F)(F)F)cc3)ccc2c1.[NH-]CC1CC1. The molecule has 1 fully saturated rings. The minimum atomic E-state index is -4.44. The predicted molar refractivity (Wildman–Crippen MR) is 135 cm³/mol. The van der Waals surface area contributed by atoms with Gasteiger partial charge < -0.3 is 16.2 Å². The van der Waals surface area contributed by atoms with E-state index in [-0.39, 0.29) is 5.56 Å². The first-order chi connectivity index (χ1) is 17.7. The number of hydrogen-bond donors (Lipinski definition) is 2. The number of carboxylic acid groups (broad SMARTS) is 1. The number of hydrogen-bond acceptors (Lipinski definition) is 3. The Labute approximate surface area is 211 Å². The van der Waals surface area contributed by atoms with Crippen molar-refractivity contribution in [3.8, 4) is 11.1 Å². The number of aromatic carboxylic acids is 1. The summed E-state index contributed by atoms with van der Waals surface area (Å²) in [5.41, 5.74) is 8.22. The Morgan fingerprint density at radius 3 is 2.30 bits per heavy atom. The van der Waals surface area contributed by atoms with Crippen LogP contribution in [0.1, 0.15) is 39.1 Å². The van der Waals surface area contributed by atoms with Crippen LogP contribution in [0.4, 0.5) is 18.9 Å². The quantitative estimate of drug-likeness (QED) is 0.296. The van der Waals surface area contributed by atoms with Gasteiger partial charge in [-0.05, 0) is 47.5 Å². The zero-order chi connectivity index (χ0) is 26.6. The number of halogens is 3. The summed E-state index contributed by atoms with van der Waals surface area (Å²) in [5, 5.41) is 12.4. The van der Waals surface area contributed by atoms with E-state index in [4.69, 9.17) is 10.8 Å². The smallest absolute Gasteiger partial charge is 0.416 e. The number of nitrogens with zero attached hydrogens (tertiary/aromatic N) is 1. The molecule has 0 unspecified atom stereocenters. The van der Waals surface area contributed by atoms with Crippen molar-refractivity contribution in [1.82, 2.24) is 4.98 Å². The molecule has 1 aromatic heterocycles. The lowest BCUT2D eigenvalue weighted by Gasteiger charge is -2.12. The highest BCUT2D eigenvalue weighted by Crippen LogP contribution is 2.32. The van der Waals surface area contributed by atoms with Crippen molar-refractivity contribution in [1.29, 1.82) is 0 Å². The highest BCUT2D eigenvalue weighted by Gasteiger charge is 2.30. The fourth-order valence-electron chi connectivity index (χ4n) is 3.61. The van der Waals surface area contributed by atoms with Crippen LogP contribution >= 0.6 is 0 Å². The molecule has 0 saturated heterocycles. The molecule has 6 nitrogen and oxygen atoms in total. The molecule has 1 saturated carbocycles. The van der Waals surface area contributed by atoms with Crippen molar-refractivity contribution < 1.29 is 27.9 Å². The third-order valence-electron chi connectivity index (χ3n) is 5.87. The van der Waals surface area contributed by atoms with Gasteiger partial charge in [-0.1, -0.05) is 55.2 Å².